The average molecular weight is 282 g/mol. The molecule has 0 atom stereocenters. The molecule has 0 aliphatic heterocycles. The second kappa shape index (κ2) is 5.51. The van der Waals surface area contributed by atoms with E-state index >= 15 is 0 Å². The number of aliphatic carboxylic acids is 1. The largest absolute Gasteiger partial charge is 0.476 e. The number of rotatable bonds is 1. The Labute approximate surface area is 112 Å². The van der Waals surface area contributed by atoms with Crippen LogP contribution in [0.2, 0.25) is 0 Å². The molecule has 2 aromatic heterocycles. The Balaban J connectivity index is 0.000000286. The van der Waals surface area contributed by atoms with Gasteiger partial charge in [0.05, 0.1) is 6.33 Å². The third-order valence-corrected chi connectivity index (χ3v) is 2.62. The summed E-state index contributed by atoms with van der Waals surface area (Å²) in [6.07, 6.45) is 1.52. The first-order valence-electron chi connectivity index (χ1n) is 5.49. The summed E-state index contributed by atoms with van der Waals surface area (Å²) in [7, 11) is 4.77. The molecule has 0 saturated carbocycles. The number of aryl methyl sites for hydroxylation is 2. The van der Waals surface area contributed by atoms with Crippen LogP contribution in [0.1, 0.15) is 6.92 Å². The van der Waals surface area contributed by atoms with E-state index < -0.39 is 11.8 Å². The van der Waals surface area contributed by atoms with E-state index in [4.69, 9.17) is 5.11 Å². The molecule has 0 saturated heterocycles. The van der Waals surface area contributed by atoms with Gasteiger partial charge in [-0.05, 0) is 0 Å². The number of carbonyl (C=O) groups is 2. The van der Waals surface area contributed by atoms with Gasteiger partial charge >= 0.3 is 11.7 Å². The number of hydrogen-bond donors (Lipinski definition) is 1. The number of fused-ring (bicyclic) bond motifs is 1. The van der Waals surface area contributed by atoms with Gasteiger partial charge in [-0.1, -0.05) is 0 Å². The quantitative estimate of drug-likeness (QED) is 0.645. The Hall–Kier alpha value is -2.71. The van der Waals surface area contributed by atoms with Crippen molar-refractivity contribution in [2.75, 3.05) is 0 Å². The Morgan fingerprint density at radius 3 is 2.10 bits per heavy atom. The first kappa shape index (κ1) is 15.3. The minimum Gasteiger partial charge on any atom is -0.476 e. The van der Waals surface area contributed by atoms with E-state index in [-0.39, 0.29) is 11.2 Å². The van der Waals surface area contributed by atoms with Gasteiger partial charge in [-0.3, -0.25) is 18.7 Å². The Morgan fingerprint density at radius 2 is 1.65 bits per heavy atom. The van der Waals surface area contributed by atoms with E-state index in [9.17, 15) is 19.2 Å². The van der Waals surface area contributed by atoms with Crippen molar-refractivity contribution in [1.29, 1.82) is 0 Å². The van der Waals surface area contributed by atoms with Gasteiger partial charge in [-0.15, -0.1) is 0 Å². The minimum absolute atomic E-state index is 0.317. The first-order valence-corrected chi connectivity index (χ1v) is 5.49. The van der Waals surface area contributed by atoms with E-state index in [1.165, 1.54) is 17.9 Å². The highest BCUT2D eigenvalue weighted by molar-refractivity contribution is 6.31. The van der Waals surface area contributed by atoms with Crippen molar-refractivity contribution >= 4 is 22.9 Å². The fourth-order valence-corrected chi connectivity index (χ4v) is 1.47. The van der Waals surface area contributed by atoms with Crippen molar-refractivity contribution in [1.82, 2.24) is 18.7 Å². The highest BCUT2D eigenvalue weighted by Gasteiger charge is 2.11. The summed E-state index contributed by atoms with van der Waals surface area (Å²) in [6.45, 7) is 1.00. The second-order valence-corrected chi connectivity index (χ2v) is 4.09. The van der Waals surface area contributed by atoms with E-state index in [1.54, 1.807) is 18.7 Å². The molecular formula is C11H14N4O5. The van der Waals surface area contributed by atoms with E-state index in [2.05, 4.69) is 4.98 Å². The van der Waals surface area contributed by atoms with E-state index in [1.807, 2.05) is 0 Å². The van der Waals surface area contributed by atoms with Crippen LogP contribution in [0.4, 0.5) is 0 Å². The number of Topliss-reactive ketones (excluding diaryl/α,β-unsaturated/α-hetero) is 1. The zero-order valence-electron chi connectivity index (χ0n) is 11.4. The van der Waals surface area contributed by atoms with Gasteiger partial charge in [-0.2, -0.15) is 0 Å². The number of ketones is 1. The first-order chi connectivity index (χ1) is 9.18. The maximum absolute atomic E-state index is 11.7. The fourth-order valence-electron chi connectivity index (χ4n) is 1.47. The van der Waals surface area contributed by atoms with Crippen LogP contribution in [-0.4, -0.2) is 35.5 Å². The highest BCUT2D eigenvalue weighted by atomic mass is 16.4. The van der Waals surface area contributed by atoms with Crippen molar-refractivity contribution in [2.24, 2.45) is 21.1 Å². The predicted octanol–water partition coefficient (Wildman–Crippen LogP) is -1.37. The number of carboxylic acid groups (broad SMARTS) is 1. The minimum atomic E-state index is -1.38. The molecule has 0 aromatic carbocycles. The van der Waals surface area contributed by atoms with Crippen LogP contribution in [0.3, 0.4) is 0 Å². The smallest absolute Gasteiger partial charge is 0.371 e. The number of imidazole rings is 1. The molecule has 0 fully saturated rings. The Morgan fingerprint density at radius 1 is 1.15 bits per heavy atom. The van der Waals surface area contributed by atoms with E-state index in [0.29, 0.717) is 11.2 Å². The molecule has 0 aliphatic rings. The summed E-state index contributed by atoms with van der Waals surface area (Å²) >= 11 is 0. The van der Waals surface area contributed by atoms with Crippen molar-refractivity contribution in [2.45, 2.75) is 6.92 Å². The normalized spacial score (nSPS) is 10.0. The number of nitrogens with zero attached hydrogens (tertiary/aromatic N) is 4. The van der Waals surface area contributed by atoms with Gasteiger partial charge in [0.1, 0.15) is 0 Å². The maximum atomic E-state index is 11.7. The maximum Gasteiger partial charge on any atom is 0.371 e. The van der Waals surface area contributed by atoms with E-state index in [0.717, 1.165) is 11.5 Å². The third-order valence-electron chi connectivity index (χ3n) is 2.62. The average Bonchev–Trinajstić information content (AvgIpc) is 2.76. The molecule has 0 spiro atoms. The molecule has 9 nitrogen and oxygen atoms in total. The van der Waals surface area contributed by atoms with Crippen LogP contribution in [0.25, 0.3) is 11.2 Å². The van der Waals surface area contributed by atoms with Crippen LogP contribution < -0.4 is 11.2 Å². The SMILES string of the molecule is CC(=O)C(=O)O.Cn1c(=O)c2c(ncn2C)n(C)c1=O. The van der Waals surface area contributed by atoms with Crippen molar-refractivity contribution < 1.29 is 14.7 Å². The highest BCUT2D eigenvalue weighted by Crippen LogP contribution is 2.01. The molecular weight excluding hydrogens is 268 g/mol. The molecule has 2 rings (SSSR count). The lowest BCUT2D eigenvalue weighted by Gasteiger charge is -2.02. The lowest BCUT2D eigenvalue weighted by Crippen LogP contribution is -2.37. The van der Waals surface area contributed by atoms with Gasteiger partial charge in [0.15, 0.2) is 11.2 Å². The summed E-state index contributed by atoms with van der Waals surface area (Å²) in [4.78, 5) is 46.0. The number of carbonyl (C=O) groups excluding carboxylic acids is 1. The summed E-state index contributed by atoms with van der Waals surface area (Å²) in [5.74, 6) is -2.20. The monoisotopic (exact) mass is 282 g/mol. The van der Waals surface area contributed by atoms with Crippen molar-refractivity contribution in [3.05, 3.63) is 27.2 Å². The summed E-state index contributed by atoms with van der Waals surface area (Å²) < 4.78 is 4.04. The van der Waals surface area contributed by atoms with Crippen LogP contribution in [0.15, 0.2) is 15.9 Å². The molecule has 20 heavy (non-hydrogen) atoms. The zero-order chi connectivity index (χ0) is 15.6. The van der Waals surface area contributed by atoms with Gasteiger partial charge in [0.25, 0.3) is 5.56 Å². The molecule has 0 amide bonds. The van der Waals surface area contributed by atoms with Gasteiger partial charge in [0, 0.05) is 28.1 Å². The van der Waals surface area contributed by atoms with Gasteiger partial charge in [0.2, 0.25) is 5.78 Å². The molecule has 2 heterocycles. The topological polar surface area (TPSA) is 116 Å². The molecule has 0 radical (unpaired) electrons. The lowest BCUT2D eigenvalue weighted by atomic mass is 10.5. The fraction of sp³-hybridized carbons (Fsp3) is 0.364. The lowest BCUT2D eigenvalue weighted by molar-refractivity contribution is -0.148. The standard InChI is InChI=1S/C8H10N4O2.C3H4O3/c1-10-4-9-6-5(10)7(13)12(3)8(14)11(6)2;1-2(4)3(5)6/h4H,1-3H3;1H3,(H,5,6). The van der Waals surface area contributed by atoms with Crippen LogP contribution in [-0.2, 0) is 30.7 Å². The van der Waals surface area contributed by atoms with Crippen molar-refractivity contribution in [3.63, 3.8) is 0 Å². The molecule has 0 aliphatic carbocycles. The third kappa shape index (κ3) is 2.66. The predicted molar refractivity (Wildman–Crippen MR) is 69.5 cm³/mol. The molecule has 0 bridgehead atoms. The summed E-state index contributed by atoms with van der Waals surface area (Å²) in [6, 6.07) is 0. The number of hydrogen-bond acceptors (Lipinski definition) is 5. The molecule has 1 N–H and O–H groups in total. The van der Waals surface area contributed by atoms with Crippen LogP contribution in [0, 0.1) is 0 Å². The summed E-state index contributed by atoms with van der Waals surface area (Å²) in [5, 5.41) is 7.64. The Bertz CT molecular complexity index is 783. The molecule has 9 heteroatoms. The zero-order valence-corrected chi connectivity index (χ0v) is 11.4. The number of aromatic nitrogens is 4. The summed E-state index contributed by atoms with van der Waals surface area (Å²) in [5.41, 5.74) is 0.180. The van der Waals surface area contributed by atoms with Gasteiger partial charge in [-0.25, -0.2) is 14.6 Å². The molecule has 108 valence electrons. The molecule has 0 unspecified atom stereocenters. The Kier molecular flexibility index (Phi) is 4.23. The molecule has 2 aromatic rings. The van der Waals surface area contributed by atoms with Crippen LogP contribution in [0.5, 0.6) is 0 Å². The van der Waals surface area contributed by atoms with Crippen LogP contribution >= 0.6 is 0 Å². The van der Waals surface area contributed by atoms with Gasteiger partial charge < -0.3 is 9.67 Å². The second-order valence-electron chi connectivity index (χ2n) is 4.09. The van der Waals surface area contributed by atoms with Crippen molar-refractivity contribution in [3.8, 4) is 0 Å². The number of carboxylic acids is 1.